The molecule has 0 aliphatic carbocycles. The van der Waals surface area contributed by atoms with E-state index in [4.69, 9.17) is 4.74 Å². The molecular weight excluding hydrogens is 420 g/mol. The zero-order valence-electron chi connectivity index (χ0n) is 18.7. The summed E-state index contributed by atoms with van der Waals surface area (Å²) in [6.45, 7) is 9.36. The molecule has 4 rings (SSSR count). The fourth-order valence-electron chi connectivity index (χ4n) is 3.88. The van der Waals surface area contributed by atoms with Crippen LogP contribution < -0.4 is 10.1 Å². The Labute approximate surface area is 193 Å². The van der Waals surface area contributed by atoms with Crippen LogP contribution in [0.5, 0.6) is 5.75 Å². The van der Waals surface area contributed by atoms with Crippen molar-refractivity contribution in [1.29, 1.82) is 0 Å². The van der Waals surface area contributed by atoms with E-state index in [2.05, 4.69) is 51.3 Å². The molecule has 0 atom stereocenters. The molecule has 1 N–H and O–H groups in total. The van der Waals surface area contributed by atoms with Crippen LogP contribution in [0.4, 0.5) is 0 Å². The van der Waals surface area contributed by atoms with Crippen molar-refractivity contribution in [2.45, 2.75) is 20.0 Å². The van der Waals surface area contributed by atoms with E-state index in [1.807, 2.05) is 24.3 Å². The molecule has 1 aliphatic rings. The minimum Gasteiger partial charge on any atom is -0.496 e. The average molecular weight is 451 g/mol. The Hall–Kier alpha value is -2.74. The van der Waals surface area contributed by atoms with Gasteiger partial charge in [-0.2, -0.15) is 0 Å². The van der Waals surface area contributed by atoms with Crippen LogP contribution in [0, 0.1) is 0 Å². The molecule has 0 spiro atoms. The Morgan fingerprint density at radius 3 is 2.44 bits per heavy atom. The number of ether oxygens (including phenoxy) is 1. The van der Waals surface area contributed by atoms with Crippen molar-refractivity contribution < 1.29 is 9.53 Å². The van der Waals surface area contributed by atoms with Gasteiger partial charge >= 0.3 is 0 Å². The van der Waals surface area contributed by atoms with Crippen molar-refractivity contribution in [3.63, 3.8) is 0 Å². The molecule has 0 saturated carbocycles. The first-order valence-electron chi connectivity index (χ1n) is 11.1. The number of nitrogens with zero attached hydrogens (tertiary/aromatic N) is 3. The molecule has 2 heterocycles. The highest BCUT2D eigenvalue weighted by molar-refractivity contribution is 7.13. The Morgan fingerprint density at radius 1 is 1.03 bits per heavy atom. The number of carbonyl (C=O) groups is 1. The number of likely N-dealkylation sites (N-methyl/N-ethyl adjacent to an activating group) is 1. The maximum Gasteiger partial charge on any atom is 0.271 e. The van der Waals surface area contributed by atoms with Crippen molar-refractivity contribution in [1.82, 2.24) is 20.1 Å². The van der Waals surface area contributed by atoms with Crippen molar-refractivity contribution in [3.8, 4) is 16.3 Å². The number of amides is 1. The lowest BCUT2D eigenvalue weighted by Gasteiger charge is -2.34. The second-order valence-corrected chi connectivity index (χ2v) is 8.81. The van der Waals surface area contributed by atoms with Gasteiger partial charge in [0.15, 0.2) is 0 Å². The molecule has 1 saturated heterocycles. The van der Waals surface area contributed by atoms with Crippen LogP contribution in [-0.2, 0) is 13.1 Å². The van der Waals surface area contributed by atoms with Gasteiger partial charge in [0.1, 0.15) is 16.5 Å². The van der Waals surface area contributed by atoms with Gasteiger partial charge in [0.2, 0.25) is 0 Å². The first kappa shape index (κ1) is 22.5. The van der Waals surface area contributed by atoms with Crippen molar-refractivity contribution in [2.24, 2.45) is 0 Å². The first-order valence-corrected chi connectivity index (χ1v) is 11.9. The Kier molecular flexibility index (Phi) is 7.52. The molecule has 0 radical (unpaired) electrons. The van der Waals surface area contributed by atoms with E-state index in [1.54, 1.807) is 12.5 Å². The predicted octanol–water partition coefficient (Wildman–Crippen LogP) is 3.89. The summed E-state index contributed by atoms with van der Waals surface area (Å²) in [6.07, 6.45) is 0. The van der Waals surface area contributed by atoms with Gasteiger partial charge < -0.3 is 15.0 Å². The Balaban J connectivity index is 1.29. The minimum atomic E-state index is -0.166. The Morgan fingerprint density at radius 2 is 1.72 bits per heavy atom. The van der Waals surface area contributed by atoms with Gasteiger partial charge in [-0.05, 0) is 29.8 Å². The molecule has 1 amide bonds. The summed E-state index contributed by atoms with van der Waals surface area (Å²) in [6, 6.07) is 16.2. The van der Waals surface area contributed by atoms with Crippen LogP contribution in [0.25, 0.3) is 10.6 Å². The van der Waals surface area contributed by atoms with E-state index in [9.17, 15) is 4.79 Å². The number of methoxy groups -OCH3 is 1. The topological polar surface area (TPSA) is 57.7 Å². The molecule has 1 aliphatic heterocycles. The van der Waals surface area contributed by atoms with Crippen LogP contribution in [0.2, 0.25) is 0 Å². The molecule has 0 bridgehead atoms. The second-order valence-electron chi connectivity index (χ2n) is 7.95. The van der Waals surface area contributed by atoms with Gasteiger partial charge in [-0.25, -0.2) is 4.98 Å². The fourth-order valence-corrected chi connectivity index (χ4v) is 4.71. The number of piperazine rings is 1. The molecular formula is C25H30N4O2S. The number of carbonyl (C=O) groups excluding carboxylic acids is 1. The lowest BCUT2D eigenvalue weighted by atomic mass is 10.1. The van der Waals surface area contributed by atoms with Crippen LogP contribution in [-0.4, -0.2) is 60.5 Å². The third-order valence-electron chi connectivity index (χ3n) is 5.87. The summed E-state index contributed by atoms with van der Waals surface area (Å²) in [5.74, 6) is 0.585. The van der Waals surface area contributed by atoms with Crippen LogP contribution in [0.3, 0.4) is 0 Å². The molecule has 0 unspecified atom stereocenters. The van der Waals surface area contributed by atoms with E-state index in [1.165, 1.54) is 16.9 Å². The van der Waals surface area contributed by atoms with E-state index in [0.29, 0.717) is 12.2 Å². The lowest BCUT2D eigenvalue weighted by molar-refractivity contribution is 0.0946. The zero-order chi connectivity index (χ0) is 22.3. The summed E-state index contributed by atoms with van der Waals surface area (Å²) < 4.78 is 5.40. The smallest absolute Gasteiger partial charge is 0.271 e. The molecule has 1 aromatic heterocycles. The van der Waals surface area contributed by atoms with E-state index in [-0.39, 0.29) is 5.91 Å². The summed E-state index contributed by atoms with van der Waals surface area (Å²) >= 11 is 1.44. The second kappa shape index (κ2) is 10.7. The van der Waals surface area contributed by atoms with Gasteiger partial charge in [-0.15, -0.1) is 11.3 Å². The third-order valence-corrected chi connectivity index (χ3v) is 6.74. The summed E-state index contributed by atoms with van der Waals surface area (Å²) in [4.78, 5) is 22.1. The van der Waals surface area contributed by atoms with Crippen molar-refractivity contribution in [2.75, 3.05) is 39.8 Å². The summed E-state index contributed by atoms with van der Waals surface area (Å²) in [7, 11) is 1.64. The SMILES string of the molecule is CCN1CCN(Cc2ccc(CNC(=O)c3csc(-c4ccccc4OC)n3)cc2)CC1. The Bertz CT molecular complexity index is 1030. The maximum atomic E-state index is 12.6. The third kappa shape index (κ3) is 5.54. The number of nitrogens with one attached hydrogen (secondary N) is 1. The quantitative estimate of drug-likeness (QED) is 0.564. The largest absolute Gasteiger partial charge is 0.496 e. The van der Waals surface area contributed by atoms with Crippen molar-refractivity contribution >= 4 is 17.2 Å². The van der Waals surface area contributed by atoms with Crippen molar-refractivity contribution in [3.05, 3.63) is 70.7 Å². The highest BCUT2D eigenvalue weighted by atomic mass is 32.1. The van der Waals surface area contributed by atoms with E-state index >= 15 is 0 Å². The van der Waals surface area contributed by atoms with Gasteiger partial charge in [0, 0.05) is 44.6 Å². The molecule has 2 aromatic carbocycles. The predicted molar refractivity (Wildman–Crippen MR) is 129 cm³/mol. The zero-order valence-corrected chi connectivity index (χ0v) is 19.5. The first-order chi connectivity index (χ1) is 15.7. The number of thiazole rings is 1. The van der Waals surface area contributed by atoms with E-state index in [0.717, 1.165) is 61.2 Å². The van der Waals surface area contributed by atoms with Gasteiger partial charge in [-0.1, -0.05) is 43.3 Å². The number of para-hydroxylation sites is 1. The van der Waals surface area contributed by atoms with E-state index < -0.39 is 0 Å². The molecule has 3 aromatic rings. The summed E-state index contributed by atoms with van der Waals surface area (Å²) in [5.41, 5.74) is 3.72. The standard InChI is InChI=1S/C25H30N4O2S/c1-3-28-12-14-29(15-13-28)17-20-10-8-19(9-11-20)16-26-24(30)22-18-32-25(27-22)21-6-4-5-7-23(21)31-2/h4-11,18H,3,12-17H2,1-2H3,(H,26,30). The van der Waals surface area contributed by atoms with Gasteiger partial charge in [0.25, 0.3) is 5.91 Å². The number of benzene rings is 2. The maximum absolute atomic E-state index is 12.6. The molecule has 168 valence electrons. The molecule has 6 nitrogen and oxygen atoms in total. The highest BCUT2D eigenvalue weighted by Crippen LogP contribution is 2.31. The number of hydrogen-bond acceptors (Lipinski definition) is 6. The normalized spacial score (nSPS) is 14.9. The van der Waals surface area contributed by atoms with Crippen LogP contribution >= 0.6 is 11.3 Å². The van der Waals surface area contributed by atoms with Gasteiger partial charge in [-0.3, -0.25) is 9.69 Å². The molecule has 1 fully saturated rings. The average Bonchev–Trinajstić information content (AvgIpc) is 3.34. The lowest BCUT2D eigenvalue weighted by Crippen LogP contribution is -2.45. The highest BCUT2D eigenvalue weighted by Gasteiger charge is 2.16. The van der Waals surface area contributed by atoms with Crippen LogP contribution in [0.1, 0.15) is 28.5 Å². The summed E-state index contributed by atoms with van der Waals surface area (Å²) in [5, 5.41) is 5.54. The monoisotopic (exact) mass is 450 g/mol. The van der Waals surface area contributed by atoms with Gasteiger partial charge in [0.05, 0.1) is 12.7 Å². The number of aromatic nitrogens is 1. The molecule has 32 heavy (non-hydrogen) atoms. The minimum absolute atomic E-state index is 0.166. The molecule has 7 heteroatoms. The number of rotatable bonds is 8. The number of hydrogen-bond donors (Lipinski definition) is 1. The van der Waals surface area contributed by atoms with Crippen LogP contribution in [0.15, 0.2) is 53.9 Å². The fraction of sp³-hybridized carbons (Fsp3) is 0.360.